The van der Waals surface area contributed by atoms with Crippen molar-refractivity contribution >= 4 is 5.97 Å². The number of benzene rings is 1. The highest BCUT2D eigenvalue weighted by molar-refractivity contribution is 5.84. The summed E-state index contributed by atoms with van der Waals surface area (Å²) in [7, 11) is 0. The monoisotopic (exact) mass is 303 g/mol. The maximum atomic E-state index is 12.0. The SMILES string of the molecule is O=C(O)c1coc(COc2ccc(OC(F)(F)F)cc2)n1. The van der Waals surface area contributed by atoms with Gasteiger partial charge in [0.1, 0.15) is 17.8 Å². The molecule has 0 aliphatic rings. The van der Waals surface area contributed by atoms with E-state index < -0.39 is 12.3 Å². The molecule has 0 atom stereocenters. The zero-order valence-electron chi connectivity index (χ0n) is 10.3. The summed E-state index contributed by atoms with van der Waals surface area (Å²) in [6, 6.07) is 4.70. The van der Waals surface area contributed by atoms with E-state index in [-0.39, 0.29) is 29.7 Å². The number of aromatic carboxylic acids is 1. The molecule has 9 heteroatoms. The molecule has 2 rings (SSSR count). The van der Waals surface area contributed by atoms with Crippen LogP contribution in [0.2, 0.25) is 0 Å². The van der Waals surface area contributed by atoms with Crippen LogP contribution in [0.1, 0.15) is 16.4 Å². The zero-order chi connectivity index (χ0) is 15.5. The maximum absolute atomic E-state index is 12.0. The Morgan fingerprint density at radius 2 is 1.86 bits per heavy atom. The van der Waals surface area contributed by atoms with Crippen LogP contribution in [-0.2, 0) is 6.61 Å². The molecule has 2 aromatic rings. The first-order valence-corrected chi connectivity index (χ1v) is 5.50. The summed E-state index contributed by atoms with van der Waals surface area (Å²) in [5, 5.41) is 8.64. The van der Waals surface area contributed by atoms with Crippen LogP contribution in [0.5, 0.6) is 11.5 Å². The minimum Gasteiger partial charge on any atom is -0.484 e. The molecule has 1 N–H and O–H groups in total. The third-order valence-corrected chi connectivity index (χ3v) is 2.19. The van der Waals surface area contributed by atoms with Crippen LogP contribution in [0, 0.1) is 0 Å². The number of rotatable bonds is 5. The molecule has 6 nitrogen and oxygen atoms in total. The van der Waals surface area contributed by atoms with Gasteiger partial charge < -0.3 is 19.0 Å². The highest BCUT2D eigenvalue weighted by Gasteiger charge is 2.30. The van der Waals surface area contributed by atoms with Crippen LogP contribution in [-0.4, -0.2) is 22.4 Å². The number of carbonyl (C=O) groups is 1. The van der Waals surface area contributed by atoms with Crippen molar-refractivity contribution in [3.63, 3.8) is 0 Å². The molecule has 0 spiro atoms. The fourth-order valence-electron chi connectivity index (χ4n) is 1.36. The van der Waals surface area contributed by atoms with Gasteiger partial charge in [-0.15, -0.1) is 13.2 Å². The van der Waals surface area contributed by atoms with Gasteiger partial charge in [-0.25, -0.2) is 9.78 Å². The van der Waals surface area contributed by atoms with Gasteiger partial charge in [0.25, 0.3) is 0 Å². The molecule has 0 unspecified atom stereocenters. The Labute approximate surface area is 115 Å². The number of oxazole rings is 1. The Hall–Kier alpha value is -2.71. The summed E-state index contributed by atoms with van der Waals surface area (Å²) in [6.45, 7) is -0.160. The zero-order valence-corrected chi connectivity index (χ0v) is 10.3. The Kier molecular flexibility index (Phi) is 4.01. The second-order valence-electron chi connectivity index (χ2n) is 3.74. The molecule has 0 saturated carbocycles. The Morgan fingerprint density at radius 1 is 1.24 bits per heavy atom. The summed E-state index contributed by atoms with van der Waals surface area (Å²) in [6.07, 6.45) is -3.80. The van der Waals surface area contributed by atoms with Gasteiger partial charge in [0.05, 0.1) is 0 Å². The molecule has 1 aromatic heterocycles. The molecule has 0 aliphatic carbocycles. The average molecular weight is 303 g/mol. The van der Waals surface area contributed by atoms with Crippen LogP contribution in [0.25, 0.3) is 0 Å². The predicted molar refractivity (Wildman–Crippen MR) is 60.9 cm³/mol. The van der Waals surface area contributed by atoms with Crippen molar-refractivity contribution < 1.29 is 37.0 Å². The largest absolute Gasteiger partial charge is 0.573 e. The van der Waals surface area contributed by atoms with Crippen LogP contribution in [0.4, 0.5) is 13.2 Å². The minimum atomic E-state index is -4.76. The molecule has 0 amide bonds. The molecule has 1 heterocycles. The van der Waals surface area contributed by atoms with Crippen LogP contribution >= 0.6 is 0 Å². The fraction of sp³-hybridized carbons (Fsp3) is 0.167. The third kappa shape index (κ3) is 4.41. The molecular formula is C12H8F3NO5. The van der Waals surface area contributed by atoms with Crippen molar-refractivity contribution in [3.05, 3.63) is 42.1 Å². The highest BCUT2D eigenvalue weighted by atomic mass is 19.4. The van der Waals surface area contributed by atoms with E-state index in [0.717, 1.165) is 18.4 Å². The van der Waals surface area contributed by atoms with Gasteiger partial charge in [0, 0.05) is 0 Å². The van der Waals surface area contributed by atoms with E-state index in [2.05, 4.69) is 9.72 Å². The number of halogens is 3. The van der Waals surface area contributed by atoms with E-state index >= 15 is 0 Å². The molecular weight excluding hydrogens is 295 g/mol. The van der Waals surface area contributed by atoms with Crippen LogP contribution in [0.15, 0.2) is 34.9 Å². The molecule has 1 aromatic carbocycles. The van der Waals surface area contributed by atoms with Gasteiger partial charge in [0.2, 0.25) is 5.89 Å². The van der Waals surface area contributed by atoms with E-state index in [4.69, 9.17) is 14.3 Å². The highest BCUT2D eigenvalue weighted by Crippen LogP contribution is 2.25. The van der Waals surface area contributed by atoms with Crippen molar-refractivity contribution in [1.29, 1.82) is 0 Å². The Morgan fingerprint density at radius 3 is 2.38 bits per heavy atom. The lowest BCUT2D eigenvalue weighted by Gasteiger charge is -2.09. The topological polar surface area (TPSA) is 81.8 Å². The number of hydrogen-bond acceptors (Lipinski definition) is 5. The molecule has 0 fully saturated rings. The van der Waals surface area contributed by atoms with Crippen LogP contribution in [0.3, 0.4) is 0 Å². The number of hydrogen-bond donors (Lipinski definition) is 1. The second kappa shape index (κ2) is 5.73. The van der Waals surface area contributed by atoms with Gasteiger partial charge in [-0.2, -0.15) is 0 Å². The van der Waals surface area contributed by atoms with Crippen molar-refractivity contribution in [2.75, 3.05) is 0 Å². The number of aromatic nitrogens is 1. The first-order valence-electron chi connectivity index (χ1n) is 5.50. The van der Waals surface area contributed by atoms with Gasteiger partial charge in [-0.05, 0) is 24.3 Å². The standard InChI is InChI=1S/C12H8F3NO5/c13-12(14,15)21-8-3-1-7(2-4-8)19-6-10-16-9(5-20-10)11(17)18/h1-5H,6H2,(H,17,18). The predicted octanol–water partition coefficient (Wildman–Crippen LogP) is 2.85. The molecule has 112 valence electrons. The molecule has 21 heavy (non-hydrogen) atoms. The van der Waals surface area contributed by atoms with E-state index in [1.165, 1.54) is 12.1 Å². The Balaban J connectivity index is 1.92. The van der Waals surface area contributed by atoms with Crippen molar-refractivity contribution in [2.45, 2.75) is 13.0 Å². The van der Waals surface area contributed by atoms with Crippen molar-refractivity contribution in [3.8, 4) is 11.5 Å². The fourth-order valence-corrected chi connectivity index (χ4v) is 1.36. The first kappa shape index (κ1) is 14.7. The summed E-state index contributed by atoms with van der Waals surface area (Å²) in [5.41, 5.74) is -0.262. The number of ether oxygens (including phenoxy) is 2. The van der Waals surface area contributed by atoms with E-state index in [1.807, 2.05) is 0 Å². The lowest BCUT2D eigenvalue weighted by Crippen LogP contribution is -2.16. The smallest absolute Gasteiger partial charge is 0.484 e. The summed E-state index contributed by atoms with van der Waals surface area (Å²) < 4.78 is 49.6. The average Bonchev–Trinajstić information content (AvgIpc) is 2.85. The molecule has 0 aliphatic heterocycles. The maximum Gasteiger partial charge on any atom is 0.573 e. The van der Waals surface area contributed by atoms with Crippen LogP contribution < -0.4 is 9.47 Å². The number of carboxylic acid groups (broad SMARTS) is 1. The minimum absolute atomic E-state index is 0.0306. The van der Waals surface area contributed by atoms with Gasteiger partial charge >= 0.3 is 12.3 Å². The molecule has 0 radical (unpaired) electrons. The van der Waals surface area contributed by atoms with Crippen molar-refractivity contribution in [2.24, 2.45) is 0 Å². The summed E-state index contributed by atoms with van der Waals surface area (Å²) >= 11 is 0. The van der Waals surface area contributed by atoms with Gasteiger partial charge in [0.15, 0.2) is 12.3 Å². The quantitative estimate of drug-likeness (QED) is 0.914. The molecule has 0 bridgehead atoms. The van der Waals surface area contributed by atoms with E-state index in [0.29, 0.717) is 0 Å². The molecule has 0 saturated heterocycles. The lowest BCUT2D eigenvalue weighted by atomic mass is 10.3. The Bertz CT molecular complexity index is 621. The number of carboxylic acids is 1. The van der Waals surface area contributed by atoms with E-state index in [9.17, 15) is 18.0 Å². The van der Waals surface area contributed by atoms with Gasteiger partial charge in [-0.1, -0.05) is 0 Å². The lowest BCUT2D eigenvalue weighted by molar-refractivity contribution is -0.274. The summed E-state index contributed by atoms with van der Waals surface area (Å²) in [5.74, 6) is -1.33. The van der Waals surface area contributed by atoms with Crippen molar-refractivity contribution in [1.82, 2.24) is 4.98 Å². The van der Waals surface area contributed by atoms with E-state index in [1.54, 1.807) is 0 Å². The number of nitrogens with zero attached hydrogens (tertiary/aromatic N) is 1. The second-order valence-corrected chi connectivity index (χ2v) is 3.74. The first-order chi connectivity index (χ1) is 9.83. The third-order valence-electron chi connectivity index (χ3n) is 2.19. The van der Waals surface area contributed by atoms with Gasteiger partial charge in [-0.3, -0.25) is 0 Å². The normalized spacial score (nSPS) is 11.2. The number of alkyl halides is 3. The summed E-state index contributed by atoms with van der Waals surface area (Å²) in [4.78, 5) is 14.2.